The Kier molecular flexibility index (Phi) is 26.4. The molecular weight excluding hydrogens is 1070 g/mol. The molecule has 2 aromatic carbocycles. The second kappa shape index (κ2) is 33.3. The number of carbonyl (C=O) groups excluding carboxylic acids is 1. The summed E-state index contributed by atoms with van der Waals surface area (Å²) in [7, 11) is 0. The van der Waals surface area contributed by atoms with Crippen LogP contribution in [0.25, 0.3) is 11.3 Å². The standard InChI is InChI=1S/C19H14FN5O.C12H11FN2.C7H5N3O2.C6H4ClNO2.C6H7N3O2.CH2O2.H4N2.H2O/c20-16-3-1-2-13(9-16)8-14-4-6-17(21-10-14)23-19(26)15-5-7-18-24-22-12-25(18)11-15;13-11-3-1-2-9(7-11)6-10-4-5-12(14)15-8-10;11-7(12)5-1-2-6-9-8-4-10(6)3-5;7-5-2-1-4(3-8-5)6(9)10;7-9-5-2-1-4(3-8-5)6(10)11;2-1-3;1-2;/h1-7,9-12H,8H2,(H,21,23,26);1-5,7-8H,6H2,(H2,14,15);1-4H,(H,11,12);1-3H,(H,9,10);1-3H,7H2,(H,8,9)(H,10,11);1H,(H,2,3);1-2H2;1H2. The normalized spacial score (nSPS) is 9.62. The number of nitrogens with zero attached hydrogens (tertiary/aromatic N) is 10. The van der Waals surface area contributed by atoms with Crippen molar-refractivity contribution in [1.82, 2.24) is 49.1 Å². The van der Waals surface area contributed by atoms with Gasteiger partial charge in [0.05, 0.1) is 22.3 Å². The van der Waals surface area contributed by atoms with Crippen molar-refractivity contribution in [3.8, 4) is 0 Å². The number of halogens is 3. The minimum Gasteiger partial charge on any atom is -0.483 e. The van der Waals surface area contributed by atoms with Crippen LogP contribution < -0.4 is 34.0 Å². The second-order valence-electron chi connectivity index (χ2n) is 15.2. The number of carbonyl (C=O) groups is 5. The first-order chi connectivity index (χ1) is 38.0. The van der Waals surface area contributed by atoms with Crippen LogP contribution in [0, 0.1) is 11.6 Å². The number of aromatic carboxylic acids is 3. The minimum absolute atomic E-state index is 0. The number of rotatable bonds is 10. The van der Waals surface area contributed by atoms with E-state index < -0.39 is 17.9 Å². The summed E-state index contributed by atoms with van der Waals surface area (Å²) in [6.45, 7) is -0.250. The third kappa shape index (κ3) is 21.5. The van der Waals surface area contributed by atoms with E-state index in [1.165, 1.54) is 85.8 Å². The number of fused-ring (bicyclic) bond motifs is 2. The third-order valence-corrected chi connectivity index (χ3v) is 9.96. The summed E-state index contributed by atoms with van der Waals surface area (Å²) in [6.07, 6.45) is 13.2. The minimum atomic E-state index is -0.999. The lowest BCUT2D eigenvalue weighted by atomic mass is 10.1. The van der Waals surface area contributed by atoms with E-state index in [0.29, 0.717) is 52.3 Å². The number of anilines is 3. The maximum Gasteiger partial charge on any atom is 0.337 e. The van der Waals surface area contributed by atoms with Gasteiger partial charge in [-0.1, -0.05) is 48.0 Å². The maximum absolute atomic E-state index is 13.2. The number of nitrogens with two attached hydrogens (primary N) is 4. The van der Waals surface area contributed by atoms with E-state index in [9.17, 15) is 28.0 Å². The van der Waals surface area contributed by atoms with Crippen molar-refractivity contribution in [1.29, 1.82) is 0 Å². The van der Waals surface area contributed by atoms with Gasteiger partial charge in [-0.05, 0) is 120 Å². The largest absolute Gasteiger partial charge is 0.483 e. The number of benzene rings is 2. The topological polar surface area (TPSA) is 438 Å². The molecule has 16 N–H and O–H groups in total. The Hall–Kier alpha value is -10.8. The zero-order chi connectivity index (χ0) is 57.7. The molecule has 29 heteroatoms. The molecule has 0 unspecified atom stereocenters. The molecule has 0 saturated carbocycles. The Labute approximate surface area is 456 Å². The van der Waals surface area contributed by atoms with Crippen molar-refractivity contribution < 1.29 is 58.7 Å². The van der Waals surface area contributed by atoms with Crippen LogP contribution in [0.5, 0.6) is 0 Å². The lowest BCUT2D eigenvalue weighted by molar-refractivity contribution is -0.122. The van der Waals surface area contributed by atoms with E-state index in [0.717, 1.165) is 22.3 Å². The van der Waals surface area contributed by atoms with Gasteiger partial charge >= 0.3 is 17.9 Å². The van der Waals surface area contributed by atoms with Crippen LogP contribution in [-0.2, 0) is 17.6 Å². The van der Waals surface area contributed by atoms with Gasteiger partial charge in [0, 0.05) is 37.2 Å². The number of pyridine rings is 6. The number of aromatic nitrogens is 10. The van der Waals surface area contributed by atoms with Crippen LogP contribution in [-0.4, -0.2) is 105 Å². The number of amides is 1. The van der Waals surface area contributed by atoms with Gasteiger partial charge < -0.3 is 42.4 Å². The molecule has 10 aromatic rings. The second-order valence-corrected chi connectivity index (χ2v) is 15.6. The van der Waals surface area contributed by atoms with Crippen molar-refractivity contribution in [3.63, 3.8) is 0 Å². The molecule has 0 aliphatic heterocycles. The van der Waals surface area contributed by atoms with Gasteiger partial charge in [0.1, 0.15) is 46.9 Å². The summed E-state index contributed by atoms with van der Waals surface area (Å²) in [6, 6.07) is 32.5. The van der Waals surface area contributed by atoms with Crippen molar-refractivity contribution >= 4 is 70.6 Å². The van der Waals surface area contributed by atoms with Gasteiger partial charge in [-0.3, -0.25) is 30.1 Å². The van der Waals surface area contributed by atoms with Crippen molar-refractivity contribution in [3.05, 3.63) is 232 Å². The number of hydrazine groups is 2. The Morgan fingerprint density at radius 1 is 0.575 bits per heavy atom. The highest BCUT2D eigenvalue weighted by Crippen LogP contribution is 2.15. The quantitative estimate of drug-likeness (QED) is 0.0367. The van der Waals surface area contributed by atoms with Crippen LogP contribution in [0.2, 0.25) is 5.15 Å². The highest BCUT2D eigenvalue weighted by Gasteiger charge is 2.10. The Balaban J connectivity index is 0.000000270. The molecule has 0 fully saturated rings. The van der Waals surface area contributed by atoms with E-state index in [-0.39, 0.29) is 46.2 Å². The molecule has 0 saturated heterocycles. The number of nitrogen functional groups attached to an aromatic ring is 2. The smallest absolute Gasteiger partial charge is 0.337 e. The first-order valence-corrected chi connectivity index (χ1v) is 22.6. The van der Waals surface area contributed by atoms with Gasteiger partial charge in [0.2, 0.25) is 0 Å². The molecule has 414 valence electrons. The molecule has 10 rings (SSSR count). The van der Waals surface area contributed by atoms with E-state index in [1.807, 2.05) is 24.3 Å². The molecule has 8 aromatic heterocycles. The molecule has 0 atom stereocenters. The number of carboxylic acids is 3. The fourth-order valence-electron chi connectivity index (χ4n) is 6.12. The summed E-state index contributed by atoms with van der Waals surface area (Å²) < 4.78 is 29.4. The van der Waals surface area contributed by atoms with E-state index >= 15 is 0 Å². The van der Waals surface area contributed by atoms with Gasteiger partial charge in [-0.25, -0.2) is 48.9 Å². The van der Waals surface area contributed by atoms with Gasteiger partial charge in [-0.15, -0.1) is 20.4 Å². The molecule has 0 spiro atoms. The molecule has 0 radical (unpaired) electrons. The van der Waals surface area contributed by atoms with Crippen LogP contribution in [0.15, 0.2) is 171 Å². The molecule has 0 bridgehead atoms. The highest BCUT2D eigenvalue weighted by molar-refractivity contribution is 6.29. The van der Waals surface area contributed by atoms with E-state index in [4.69, 9.17) is 48.4 Å². The maximum atomic E-state index is 13.2. The fraction of sp³-hybridized carbons (Fsp3) is 0.0392. The SMILES string of the molecule is NN.NNc1ccc(C(=O)O)cn1.Nc1ccc(Cc2cccc(F)c2)cn1.O.O=C(Nc1ccc(Cc2cccc(F)c2)cn1)c1ccc2nncn2c1.O=C(O)c1ccc(Cl)nc1.O=C(O)c1ccc2nncn2c1.O=CO. The third-order valence-electron chi connectivity index (χ3n) is 9.73. The Bertz CT molecular complexity index is 3550. The fourth-order valence-corrected chi connectivity index (χ4v) is 6.23. The zero-order valence-electron chi connectivity index (χ0n) is 41.4. The van der Waals surface area contributed by atoms with Gasteiger partial charge in [0.25, 0.3) is 12.4 Å². The molecule has 80 heavy (non-hydrogen) atoms. The summed E-state index contributed by atoms with van der Waals surface area (Å²) in [5, 5.41) is 50.5. The first-order valence-electron chi connectivity index (χ1n) is 22.2. The molecule has 1 amide bonds. The van der Waals surface area contributed by atoms with Crippen LogP contribution in [0.4, 0.5) is 26.2 Å². The number of carboxylic acid groups (broad SMARTS) is 4. The zero-order valence-corrected chi connectivity index (χ0v) is 42.2. The Morgan fingerprint density at radius 2 is 1.02 bits per heavy atom. The number of hydrogen-bond donors (Lipinski definition) is 10. The summed E-state index contributed by atoms with van der Waals surface area (Å²) >= 11 is 5.41. The molecule has 26 nitrogen and oxygen atoms in total. The van der Waals surface area contributed by atoms with Crippen molar-refractivity contribution in [2.45, 2.75) is 12.8 Å². The van der Waals surface area contributed by atoms with Crippen LogP contribution >= 0.6 is 11.6 Å². The Morgan fingerprint density at radius 3 is 1.45 bits per heavy atom. The average Bonchev–Trinajstić information content (AvgIpc) is 4.15. The number of hydrogen-bond acceptors (Lipinski definition) is 18. The van der Waals surface area contributed by atoms with Crippen LogP contribution in [0.1, 0.15) is 63.7 Å². The van der Waals surface area contributed by atoms with E-state index in [2.05, 4.69) is 62.8 Å². The molecule has 0 aliphatic carbocycles. The molecule has 8 heterocycles. The lowest BCUT2D eigenvalue weighted by Crippen LogP contribution is -2.13. The average molecular weight is 1120 g/mol. The van der Waals surface area contributed by atoms with Crippen molar-refractivity contribution in [2.24, 2.45) is 17.5 Å². The highest BCUT2D eigenvalue weighted by atomic mass is 35.5. The summed E-state index contributed by atoms with van der Waals surface area (Å²) in [5.41, 5.74) is 13.8. The van der Waals surface area contributed by atoms with Gasteiger partial charge in [0.15, 0.2) is 11.3 Å². The predicted octanol–water partition coefficient (Wildman–Crippen LogP) is 5.12. The predicted molar refractivity (Wildman–Crippen MR) is 288 cm³/mol. The van der Waals surface area contributed by atoms with Crippen LogP contribution in [0.3, 0.4) is 0 Å². The first kappa shape index (κ1) is 63.5. The summed E-state index contributed by atoms with van der Waals surface area (Å²) in [5.74, 6) is 10.7. The lowest BCUT2D eigenvalue weighted by Gasteiger charge is -2.06. The van der Waals surface area contributed by atoms with E-state index in [1.54, 1.807) is 69.9 Å². The summed E-state index contributed by atoms with van der Waals surface area (Å²) in [4.78, 5) is 67.3. The molecular formula is C51H49ClF2N16O10. The van der Waals surface area contributed by atoms with Gasteiger partial charge in [-0.2, -0.15) is 0 Å². The monoisotopic (exact) mass is 1120 g/mol. The molecule has 0 aliphatic rings. The number of nitrogens with one attached hydrogen (secondary N) is 2. The van der Waals surface area contributed by atoms with Crippen molar-refractivity contribution in [2.75, 3.05) is 16.5 Å².